The molecule has 3 rings (SSSR count). The van der Waals surface area contributed by atoms with Gasteiger partial charge in [0.1, 0.15) is 5.76 Å². The van der Waals surface area contributed by atoms with Gasteiger partial charge in [0.25, 0.3) is 11.8 Å². The first-order chi connectivity index (χ1) is 9.65. The normalized spacial score (nSPS) is 15.6. The van der Waals surface area contributed by atoms with Crippen molar-refractivity contribution < 1.29 is 14.0 Å². The van der Waals surface area contributed by atoms with E-state index in [1.807, 2.05) is 6.92 Å². The first kappa shape index (κ1) is 12.5. The van der Waals surface area contributed by atoms with Crippen molar-refractivity contribution in [3.63, 3.8) is 0 Å². The maximum atomic E-state index is 12.5. The molecule has 0 aliphatic carbocycles. The number of nitrogens with zero attached hydrogens (tertiary/aromatic N) is 1. The number of anilines is 1. The summed E-state index contributed by atoms with van der Waals surface area (Å²) in [5.41, 5.74) is 6.81. The van der Waals surface area contributed by atoms with Crippen LogP contribution in [0.25, 0.3) is 0 Å². The monoisotopic (exact) mass is 270 g/mol. The Hall–Kier alpha value is -2.56. The molecule has 20 heavy (non-hydrogen) atoms. The molecule has 2 aromatic rings. The van der Waals surface area contributed by atoms with Gasteiger partial charge in [-0.1, -0.05) is 13.0 Å². The molecular formula is C15H14N2O3. The van der Waals surface area contributed by atoms with Crippen molar-refractivity contribution in [3.05, 3.63) is 53.5 Å². The molecule has 0 radical (unpaired) electrons. The van der Waals surface area contributed by atoms with Gasteiger partial charge in [-0.2, -0.15) is 0 Å². The highest BCUT2D eigenvalue weighted by molar-refractivity contribution is 6.23. The van der Waals surface area contributed by atoms with Gasteiger partial charge in [-0.25, -0.2) is 0 Å². The predicted octanol–water partition coefficient (Wildman–Crippen LogP) is 2.61. The van der Waals surface area contributed by atoms with Crippen LogP contribution in [0.1, 0.15) is 45.9 Å². The fourth-order valence-corrected chi connectivity index (χ4v) is 2.60. The minimum Gasteiger partial charge on any atom is -0.467 e. The van der Waals surface area contributed by atoms with Crippen LogP contribution >= 0.6 is 0 Å². The quantitative estimate of drug-likeness (QED) is 0.687. The third-order valence-electron chi connectivity index (χ3n) is 3.55. The van der Waals surface area contributed by atoms with Crippen LogP contribution in [-0.4, -0.2) is 16.7 Å². The second-order valence-corrected chi connectivity index (χ2v) is 4.69. The van der Waals surface area contributed by atoms with E-state index >= 15 is 0 Å². The minimum atomic E-state index is -0.406. The number of hydrogen-bond donors (Lipinski definition) is 1. The minimum absolute atomic E-state index is 0.294. The topological polar surface area (TPSA) is 76.5 Å². The lowest BCUT2D eigenvalue weighted by atomic mass is 10.1. The van der Waals surface area contributed by atoms with Crippen LogP contribution in [0.3, 0.4) is 0 Å². The number of hydrogen-bond acceptors (Lipinski definition) is 4. The molecule has 5 heteroatoms. The van der Waals surface area contributed by atoms with E-state index in [1.165, 1.54) is 11.2 Å². The molecule has 1 unspecified atom stereocenters. The number of nitrogen functional groups attached to an aromatic ring is 1. The Morgan fingerprint density at radius 2 is 2.00 bits per heavy atom. The van der Waals surface area contributed by atoms with Gasteiger partial charge in [0.05, 0.1) is 23.4 Å². The molecule has 102 valence electrons. The van der Waals surface area contributed by atoms with Crippen molar-refractivity contribution in [1.29, 1.82) is 0 Å². The van der Waals surface area contributed by atoms with Crippen LogP contribution in [0.15, 0.2) is 41.0 Å². The van der Waals surface area contributed by atoms with Crippen LogP contribution in [0.2, 0.25) is 0 Å². The molecule has 1 aromatic carbocycles. The Morgan fingerprint density at radius 3 is 2.60 bits per heavy atom. The summed E-state index contributed by atoms with van der Waals surface area (Å²) in [5, 5.41) is 0. The first-order valence-electron chi connectivity index (χ1n) is 6.45. The third-order valence-corrected chi connectivity index (χ3v) is 3.55. The summed E-state index contributed by atoms with van der Waals surface area (Å²) in [6, 6.07) is 8.03. The van der Waals surface area contributed by atoms with Crippen LogP contribution < -0.4 is 5.73 Å². The molecule has 2 amide bonds. The van der Waals surface area contributed by atoms with E-state index in [9.17, 15) is 9.59 Å². The first-order valence-corrected chi connectivity index (χ1v) is 6.45. The van der Waals surface area contributed by atoms with Gasteiger partial charge in [0.15, 0.2) is 0 Å². The number of fused-ring (bicyclic) bond motifs is 1. The smallest absolute Gasteiger partial charge is 0.264 e. The van der Waals surface area contributed by atoms with Gasteiger partial charge < -0.3 is 10.2 Å². The number of nitrogens with two attached hydrogens (primary N) is 1. The van der Waals surface area contributed by atoms with Gasteiger partial charge in [-0.05, 0) is 30.7 Å². The lowest BCUT2D eigenvalue weighted by Crippen LogP contribution is -2.33. The van der Waals surface area contributed by atoms with Crippen LogP contribution in [0, 0.1) is 0 Å². The van der Waals surface area contributed by atoms with E-state index in [1.54, 1.807) is 30.3 Å². The third kappa shape index (κ3) is 1.63. The van der Waals surface area contributed by atoms with Crippen molar-refractivity contribution in [3.8, 4) is 0 Å². The number of imide groups is 1. The van der Waals surface area contributed by atoms with Gasteiger partial charge in [0.2, 0.25) is 0 Å². The lowest BCUT2D eigenvalue weighted by Gasteiger charge is -2.23. The van der Waals surface area contributed by atoms with Gasteiger partial charge >= 0.3 is 0 Å². The Bertz CT molecular complexity index is 676. The van der Waals surface area contributed by atoms with E-state index in [0.29, 0.717) is 29.0 Å². The molecule has 1 atom stereocenters. The zero-order valence-electron chi connectivity index (χ0n) is 11.0. The SMILES string of the molecule is CCC(c1ccco1)N1C(=O)c2cccc(N)c2C1=O. The van der Waals surface area contributed by atoms with E-state index in [2.05, 4.69) is 0 Å². The molecule has 1 aliphatic heterocycles. The average Bonchev–Trinajstić information content (AvgIpc) is 3.03. The molecule has 5 nitrogen and oxygen atoms in total. The molecule has 1 aliphatic rings. The van der Waals surface area contributed by atoms with Crippen molar-refractivity contribution in [2.24, 2.45) is 0 Å². The number of furan rings is 1. The standard InChI is InChI=1S/C15H14N2O3/c1-2-11(12-7-4-8-20-12)17-14(18)9-5-3-6-10(16)13(9)15(17)19/h3-8,11H,2,16H2,1H3. The molecule has 1 aromatic heterocycles. The maximum Gasteiger partial charge on any atom is 0.264 e. The zero-order valence-corrected chi connectivity index (χ0v) is 11.0. The molecule has 0 spiro atoms. The number of carbonyl (C=O) groups is 2. The average molecular weight is 270 g/mol. The lowest BCUT2D eigenvalue weighted by molar-refractivity contribution is 0.0558. The predicted molar refractivity (Wildman–Crippen MR) is 73.1 cm³/mol. The number of rotatable bonds is 3. The highest BCUT2D eigenvalue weighted by Gasteiger charge is 2.41. The number of carbonyl (C=O) groups excluding carboxylic acids is 2. The second-order valence-electron chi connectivity index (χ2n) is 4.69. The van der Waals surface area contributed by atoms with E-state index in [0.717, 1.165) is 0 Å². The molecule has 0 bridgehead atoms. The summed E-state index contributed by atoms with van der Waals surface area (Å²) >= 11 is 0. The van der Waals surface area contributed by atoms with Crippen LogP contribution in [0.5, 0.6) is 0 Å². The Morgan fingerprint density at radius 1 is 1.20 bits per heavy atom. The molecule has 2 N–H and O–H groups in total. The summed E-state index contributed by atoms with van der Waals surface area (Å²) in [5.74, 6) is -0.0764. The Balaban J connectivity index is 2.07. The number of amides is 2. The van der Waals surface area contributed by atoms with Gasteiger partial charge in [-0.15, -0.1) is 0 Å². The summed E-state index contributed by atoms with van der Waals surface area (Å²) < 4.78 is 5.35. The van der Waals surface area contributed by atoms with E-state index in [4.69, 9.17) is 10.2 Å². The molecule has 0 fully saturated rings. The van der Waals surface area contributed by atoms with Crippen molar-refractivity contribution in [2.75, 3.05) is 5.73 Å². The van der Waals surface area contributed by atoms with Crippen molar-refractivity contribution in [2.45, 2.75) is 19.4 Å². The van der Waals surface area contributed by atoms with E-state index < -0.39 is 6.04 Å². The summed E-state index contributed by atoms with van der Waals surface area (Å²) in [7, 11) is 0. The molecular weight excluding hydrogens is 256 g/mol. The molecule has 0 saturated heterocycles. The molecule has 0 saturated carbocycles. The largest absolute Gasteiger partial charge is 0.467 e. The van der Waals surface area contributed by atoms with Crippen molar-refractivity contribution in [1.82, 2.24) is 4.90 Å². The highest BCUT2D eigenvalue weighted by Crippen LogP contribution is 2.35. The van der Waals surface area contributed by atoms with Gasteiger partial charge in [0, 0.05) is 5.69 Å². The van der Waals surface area contributed by atoms with E-state index in [-0.39, 0.29) is 11.8 Å². The van der Waals surface area contributed by atoms with Gasteiger partial charge in [-0.3, -0.25) is 14.5 Å². The van der Waals surface area contributed by atoms with Crippen LogP contribution in [0.4, 0.5) is 5.69 Å². The summed E-state index contributed by atoms with van der Waals surface area (Å²) in [4.78, 5) is 26.2. The number of benzene rings is 1. The second kappa shape index (κ2) is 4.52. The zero-order chi connectivity index (χ0) is 14.3. The summed E-state index contributed by atoms with van der Waals surface area (Å²) in [6.07, 6.45) is 2.11. The summed E-state index contributed by atoms with van der Waals surface area (Å²) in [6.45, 7) is 1.90. The molecule has 2 heterocycles. The Labute approximate surface area is 116 Å². The fourth-order valence-electron chi connectivity index (χ4n) is 2.60. The van der Waals surface area contributed by atoms with Crippen molar-refractivity contribution >= 4 is 17.5 Å². The highest BCUT2D eigenvalue weighted by atomic mass is 16.3. The fraction of sp³-hybridized carbons (Fsp3) is 0.200. The maximum absolute atomic E-state index is 12.5. The Kier molecular flexibility index (Phi) is 2.82. The van der Waals surface area contributed by atoms with Crippen LogP contribution in [-0.2, 0) is 0 Å².